The van der Waals surface area contributed by atoms with Crippen molar-refractivity contribution < 1.29 is 28.2 Å². The molecule has 2 saturated heterocycles. The molecule has 2 aliphatic rings. The number of amides is 2. The molecule has 3 heterocycles. The standard InChI is InChI=1S/C23H32FN3O5/c1-23(2,3)32-22(29)27-9-5-6-19(27)20(28)25-14-16-13-17(24)18(26-21(16)30-4)12-15-7-10-31-11-8-15/h12-13,19H,5-11,14H2,1-4H3,(H,25,28). The SMILES string of the molecule is COc1nc(C=C2CCOCC2)c(F)cc1CNC(=O)C1CCCN1C(=O)OC(C)(C)C. The van der Waals surface area contributed by atoms with Gasteiger partial charge in [0, 0.05) is 18.7 Å². The Morgan fingerprint density at radius 3 is 2.72 bits per heavy atom. The Morgan fingerprint density at radius 1 is 1.34 bits per heavy atom. The van der Waals surface area contributed by atoms with Crippen LogP contribution in [0.2, 0.25) is 0 Å². The van der Waals surface area contributed by atoms with E-state index >= 15 is 0 Å². The van der Waals surface area contributed by atoms with Crippen molar-refractivity contribution in [3.63, 3.8) is 0 Å². The maximum absolute atomic E-state index is 14.7. The van der Waals surface area contributed by atoms with Gasteiger partial charge < -0.3 is 19.5 Å². The summed E-state index contributed by atoms with van der Waals surface area (Å²) in [5, 5.41) is 2.78. The third kappa shape index (κ3) is 6.18. The molecule has 0 aromatic carbocycles. The number of carbonyl (C=O) groups is 2. The smallest absolute Gasteiger partial charge is 0.410 e. The van der Waals surface area contributed by atoms with Crippen LogP contribution in [0.15, 0.2) is 11.6 Å². The Hall–Kier alpha value is -2.68. The van der Waals surface area contributed by atoms with Gasteiger partial charge in [-0.15, -0.1) is 0 Å². The van der Waals surface area contributed by atoms with Crippen molar-refractivity contribution in [3.05, 3.63) is 28.7 Å². The molecule has 1 aromatic heterocycles. The highest BCUT2D eigenvalue weighted by Crippen LogP contribution is 2.24. The highest BCUT2D eigenvalue weighted by molar-refractivity contribution is 5.86. The highest BCUT2D eigenvalue weighted by atomic mass is 19.1. The van der Waals surface area contributed by atoms with E-state index in [4.69, 9.17) is 14.2 Å². The van der Waals surface area contributed by atoms with Gasteiger partial charge >= 0.3 is 6.09 Å². The normalized spacial score (nSPS) is 19.0. The molecule has 0 spiro atoms. The van der Waals surface area contributed by atoms with Crippen LogP contribution in [0.4, 0.5) is 9.18 Å². The van der Waals surface area contributed by atoms with E-state index in [-0.39, 0.29) is 24.0 Å². The van der Waals surface area contributed by atoms with Crippen molar-refractivity contribution in [1.82, 2.24) is 15.2 Å². The first-order valence-electron chi connectivity index (χ1n) is 11.0. The number of ether oxygens (including phenoxy) is 3. The lowest BCUT2D eigenvalue weighted by molar-refractivity contribution is -0.125. The van der Waals surface area contributed by atoms with Crippen molar-refractivity contribution in [1.29, 1.82) is 0 Å². The number of likely N-dealkylation sites (tertiary alicyclic amines) is 1. The third-order valence-electron chi connectivity index (χ3n) is 5.35. The van der Waals surface area contributed by atoms with Crippen LogP contribution in [0.25, 0.3) is 6.08 Å². The minimum absolute atomic E-state index is 0.0370. The van der Waals surface area contributed by atoms with Crippen LogP contribution in [0, 0.1) is 5.82 Å². The molecule has 0 radical (unpaired) electrons. The van der Waals surface area contributed by atoms with Crippen LogP contribution in [0.1, 0.15) is 57.7 Å². The van der Waals surface area contributed by atoms with Crippen molar-refractivity contribution in [3.8, 4) is 5.88 Å². The summed E-state index contributed by atoms with van der Waals surface area (Å²) in [5.41, 5.74) is 1.07. The molecule has 9 heteroatoms. The van der Waals surface area contributed by atoms with Crippen molar-refractivity contribution in [2.45, 2.75) is 64.6 Å². The molecule has 1 N–H and O–H groups in total. The van der Waals surface area contributed by atoms with Gasteiger partial charge in [-0.25, -0.2) is 14.2 Å². The maximum atomic E-state index is 14.7. The number of carbonyl (C=O) groups excluding carboxylic acids is 2. The van der Waals surface area contributed by atoms with Gasteiger partial charge in [0.15, 0.2) is 0 Å². The van der Waals surface area contributed by atoms with Crippen LogP contribution >= 0.6 is 0 Å². The molecule has 0 bridgehead atoms. The first-order valence-corrected chi connectivity index (χ1v) is 11.0. The third-order valence-corrected chi connectivity index (χ3v) is 5.35. The van der Waals surface area contributed by atoms with Crippen molar-refractivity contribution in [2.24, 2.45) is 0 Å². The Balaban J connectivity index is 1.67. The van der Waals surface area contributed by atoms with Gasteiger partial charge in [0.25, 0.3) is 0 Å². The lowest BCUT2D eigenvalue weighted by Crippen LogP contribution is -2.47. The van der Waals surface area contributed by atoms with Gasteiger partial charge in [0.1, 0.15) is 23.2 Å². The molecule has 2 aliphatic heterocycles. The number of rotatable bonds is 5. The molecule has 1 atom stereocenters. The number of aromatic nitrogens is 1. The van der Waals surface area contributed by atoms with Gasteiger partial charge in [-0.3, -0.25) is 9.69 Å². The largest absolute Gasteiger partial charge is 0.481 e. The molecule has 32 heavy (non-hydrogen) atoms. The second kappa shape index (κ2) is 10.3. The van der Waals surface area contributed by atoms with E-state index in [0.717, 1.165) is 18.4 Å². The predicted octanol–water partition coefficient (Wildman–Crippen LogP) is 3.44. The second-order valence-corrected chi connectivity index (χ2v) is 8.99. The minimum Gasteiger partial charge on any atom is -0.481 e. The van der Waals surface area contributed by atoms with E-state index in [2.05, 4.69) is 10.3 Å². The summed E-state index contributed by atoms with van der Waals surface area (Å²) in [7, 11) is 1.46. The van der Waals surface area contributed by atoms with E-state index in [1.807, 2.05) is 0 Å². The van der Waals surface area contributed by atoms with E-state index in [1.54, 1.807) is 26.8 Å². The number of halogens is 1. The average Bonchev–Trinajstić information content (AvgIpc) is 3.23. The Bertz CT molecular complexity index is 873. The summed E-state index contributed by atoms with van der Waals surface area (Å²) in [5.74, 6) is -0.546. The monoisotopic (exact) mass is 449 g/mol. The predicted molar refractivity (Wildman–Crippen MR) is 117 cm³/mol. The van der Waals surface area contributed by atoms with Gasteiger partial charge in [-0.1, -0.05) is 5.57 Å². The van der Waals surface area contributed by atoms with Crippen LogP contribution in [-0.2, 0) is 20.8 Å². The van der Waals surface area contributed by atoms with E-state index < -0.39 is 23.6 Å². The van der Waals surface area contributed by atoms with Crippen molar-refractivity contribution >= 4 is 18.1 Å². The fourth-order valence-electron chi connectivity index (χ4n) is 3.78. The number of hydrogen-bond acceptors (Lipinski definition) is 6. The molecule has 1 aromatic rings. The molecule has 3 rings (SSSR count). The average molecular weight is 450 g/mol. The number of nitrogens with one attached hydrogen (secondary N) is 1. The van der Waals surface area contributed by atoms with Crippen LogP contribution in [0.3, 0.4) is 0 Å². The highest BCUT2D eigenvalue weighted by Gasteiger charge is 2.36. The lowest BCUT2D eigenvalue weighted by atomic mass is 10.1. The van der Waals surface area contributed by atoms with Gasteiger partial charge in [-0.05, 0) is 58.6 Å². The summed E-state index contributed by atoms with van der Waals surface area (Å²) in [6.07, 6.45) is 3.98. The summed E-state index contributed by atoms with van der Waals surface area (Å²) >= 11 is 0. The van der Waals surface area contributed by atoms with Crippen molar-refractivity contribution in [2.75, 3.05) is 26.9 Å². The molecule has 0 saturated carbocycles. The van der Waals surface area contributed by atoms with Crippen LogP contribution in [-0.4, -0.2) is 60.4 Å². The quantitative estimate of drug-likeness (QED) is 0.741. The topological polar surface area (TPSA) is 90.0 Å². The molecule has 8 nitrogen and oxygen atoms in total. The maximum Gasteiger partial charge on any atom is 0.410 e. The lowest BCUT2D eigenvalue weighted by Gasteiger charge is -2.28. The van der Waals surface area contributed by atoms with E-state index in [0.29, 0.717) is 38.2 Å². The zero-order chi connectivity index (χ0) is 23.3. The number of pyridine rings is 1. The number of hydrogen-bond donors (Lipinski definition) is 1. The summed E-state index contributed by atoms with van der Waals surface area (Å²) in [4.78, 5) is 30.9. The first-order chi connectivity index (χ1) is 15.2. The van der Waals surface area contributed by atoms with Gasteiger partial charge in [0.05, 0.1) is 20.3 Å². The molecular formula is C23H32FN3O5. The van der Waals surface area contributed by atoms with Crippen LogP contribution in [0.5, 0.6) is 5.88 Å². The number of methoxy groups -OCH3 is 1. The molecule has 2 fully saturated rings. The first kappa shape index (κ1) is 24.0. The fourth-order valence-corrected chi connectivity index (χ4v) is 3.78. The van der Waals surface area contributed by atoms with Gasteiger partial charge in [0.2, 0.25) is 11.8 Å². The summed E-state index contributed by atoms with van der Waals surface area (Å²) in [6, 6.07) is 0.712. The fraction of sp³-hybridized carbons (Fsp3) is 0.609. The molecule has 2 amide bonds. The van der Waals surface area contributed by atoms with Gasteiger partial charge in [-0.2, -0.15) is 0 Å². The molecular weight excluding hydrogens is 417 g/mol. The van der Waals surface area contributed by atoms with E-state index in [1.165, 1.54) is 18.1 Å². The molecule has 0 aliphatic carbocycles. The second-order valence-electron chi connectivity index (χ2n) is 8.99. The zero-order valence-electron chi connectivity index (χ0n) is 19.2. The molecule has 1 unspecified atom stereocenters. The summed E-state index contributed by atoms with van der Waals surface area (Å²) < 4.78 is 30.8. The Morgan fingerprint density at radius 2 is 2.06 bits per heavy atom. The number of nitrogens with zero attached hydrogens (tertiary/aromatic N) is 2. The van der Waals surface area contributed by atoms with Crippen LogP contribution < -0.4 is 10.1 Å². The summed E-state index contributed by atoms with van der Waals surface area (Å²) in [6.45, 7) is 7.09. The minimum atomic E-state index is -0.640. The molecule has 176 valence electrons. The Kier molecular flexibility index (Phi) is 7.71. The Labute approximate surface area is 188 Å². The zero-order valence-corrected chi connectivity index (χ0v) is 19.2. The van der Waals surface area contributed by atoms with E-state index in [9.17, 15) is 14.0 Å².